The quantitative estimate of drug-likeness (QED) is 0.603. The number of nitrogens with one attached hydrogen (secondary N) is 1. The maximum Gasteiger partial charge on any atom is 0.260 e. The molecule has 3 aliphatic heterocycles. The summed E-state index contributed by atoms with van der Waals surface area (Å²) in [5.74, 6) is 0.937. The molecule has 0 spiro atoms. The molecule has 1 amide bonds. The van der Waals surface area contributed by atoms with Gasteiger partial charge < -0.3 is 10.1 Å². The molecule has 6 heterocycles. The molecule has 2 saturated heterocycles. The lowest BCUT2D eigenvalue weighted by molar-refractivity contribution is 0.0753. The molecule has 3 atom stereocenters. The Morgan fingerprint density at radius 3 is 2.56 bits per heavy atom. The average Bonchev–Trinajstić information content (AvgIpc) is 3.38. The number of thiazole rings is 1. The lowest BCUT2D eigenvalue weighted by Gasteiger charge is -2.41. The van der Waals surface area contributed by atoms with Crippen LogP contribution in [0.2, 0.25) is 0 Å². The number of piperidine rings is 1. The van der Waals surface area contributed by atoms with E-state index in [1.165, 1.54) is 12.8 Å². The lowest BCUT2D eigenvalue weighted by Crippen LogP contribution is -2.56. The average molecular weight is 477 g/mol. The monoisotopic (exact) mass is 476 g/mol. The molecule has 3 aromatic rings. The van der Waals surface area contributed by atoms with E-state index in [9.17, 15) is 4.79 Å². The number of carbonyl (C=O) groups excluding carboxylic acids is 1. The molecule has 0 aliphatic carbocycles. The minimum atomic E-state index is -0.0868. The van der Waals surface area contributed by atoms with Gasteiger partial charge in [0.2, 0.25) is 5.88 Å². The van der Waals surface area contributed by atoms with Crippen molar-refractivity contribution in [1.29, 1.82) is 0 Å². The van der Waals surface area contributed by atoms with Gasteiger partial charge in [0, 0.05) is 47.3 Å². The molecule has 2 fully saturated rings. The van der Waals surface area contributed by atoms with Crippen LogP contribution in [-0.2, 0) is 6.54 Å². The summed E-state index contributed by atoms with van der Waals surface area (Å²) in [7, 11) is 0. The van der Waals surface area contributed by atoms with Crippen molar-refractivity contribution >= 4 is 23.1 Å². The van der Waals surface area contributed by atoms with Crippen molar-refractivity contribution in [3.05, 3.63) is 46.2 Å². The molecule has 0 aromatic carbocycles. The number of hydrogen-bond donors (Lipinski definition) is 1. The Morgan fingerprint density at radius 1 is 1.15 bits per heavy atom. The van der Waals surface area contributed by atoms with E-state index in [1.807, 2.05) is 32.0 Å². The van der Waals surface area contributed by atoms with Gasteiger partial charge in [0.25, 0.3) is 5.91 Å². The first kappa shape index (κ1) is 21.6. The van der Waals surface area contributed by atoms with Crippen molar-refractivity contribution in [2.75, 3.05) is 4.90 Å². The molecule has 176 valence electrons. The van der Waals surface area contributed by atoms with E-state index in [2.05, 4.69) is 39.3 Å². The van der Waals surface area contributed by atoms with Crippen LogP contribution in [0.25, 0.3) is 10.6 Å². The summed E-state index contributed by atoms with van der Waals surface area (Å²) in [4.78, 5) is 24.9. The van der Waals surface area contributed by atoms with E-state index >= 15 is 0 Å². The summed E-state index contributed by atoms with van der Waals surface area (Å²) >= 11 is 1.59. The van der Waals surface area contributed by atoms with E-state index in [0.717, 1.165) is 39.7 Å². The number of carbonyl (C=O) groups is 1. The molecule has 6 rings (SSSR count). The summed E-state index contributed by atoms with van der Waals surface area (Å²) < 4.78 is 6.22. The second kappa shape index (κ2) is 7.55. The van der Waals surface area contributed by atoms with Crippen molar-refractivity contribution in [1.82, 2.24) is 25.5 Å². The van der Waals surface area contributed by atoms with Crippen molar-refractivity contribution in [3.63, 3.8) is 0 Å². The highest BCUT2D eigenvalue weighted by atomic mass is 32.1. The summed E-state index contributed by atoms with van der Waals surface area (Å²) in [6.45, 7) is 8.93. The largest absolute Gasteiger partial charge is 0.473 e. The normalized spacial score (nSPS) is 27.8. The number of hydrogen-bond acceptors (Lipinski definition) is 8. The molecule has 1 unspecified atom stereocenters. The first-order chi connectivity index (χ1) is 16.2. The Kier molecular flexibility index (Phi) is 4.80. The molecule has 3 aliphatic rings. The Morgan fingerprint density at radius 2 is 1.91 bits per heavy atom. The Labute approximate surface area is 202 Å². The predicted octanol–water partition coefficient (Wildman–Crippen LogP) is 4.21. The van der Waals surface area contributed by atoms with Gasteiger partial charge in [-0.15, -0.1) is 21.5 Å². The van der Waals surface area contributed by atoms with Crippen LogP contribution in [-0.4, -0.2) is 43.3 Å². The highest BCUT2D eigenvalue weighted by Crippen LogP contribution is 2.43. The molecule has 1 N–H and O–H groups in total. The summed E-state index contributed by atoms with van der Waals surface area (Å²) in [6.07, 6.45) is 6.16. The molecule has 9 heteroatoms. The summed E-state index contributed by atoms with van der Waals surface area (Å²) in [5, 5.41) is 13.4. The van der Waals surface area contributed by atoms with Gasteiger partial charge in [-0.2, -0.15) is 0 Å². The van der Waals surface area contributed by atoms with Gasteiger partial charge in [0.05, 0.1) is 27.8 Å². The maximum absolute atomic E-state index is 13.2. The third kappa shape index (κ3) is 3.67. The van der Waals surface area contributed by atoms with E-state index in [4.69, 9.17) is 4.74 Å². The third-order valence-electron chi connectivity index (χ3n) is 7.31. The van der Waals surface area contributed by atoms with E-state index in [-0.39, 0.29) is 23.1 Å². The van der Waals surface area contributed by atoms with Crippen molar-refractivity contribution in [2.24, 2.45) is 0 Å². The van der Waals surface area contributed by atoms with Gasteiger partial charge in [-0.1, -0.05) is 0 Å². The van der Waals surface area contributed by atoms with Crippen LogP contribution >= 0.6 is 11.3 Å². The Balaban J connectivity index is 1.18. The highest BCUT2D eigenvalue weighted by molar-refractivity contribution is 7.15. The van der Waals surface area contributed by atoms with Crippen LogP contribution in [0.3, 0.4) is 0 Å². The molecule has 0 saturated carbocycles. The van der Waals surface area contributed by atoms with Crippen molar-refractivity contribution in [2.45, 2.75) is 77.1 Å². The van der Waals surface area contributed by atoms with Crippen LogP contribution < -0.4 is 15.0 Å². The topological polar surface area (TPSA) is 93.1 Å². The molecule has 3 aromatic heterocycles. The zero-order valence-corrected chi connectivity index (χ0v) is 20.7. The SMILES string of the molecule is Cc1nc(C)c(-c2cc3c(cn2)CN(c2ccc(OC4C[C@]5(C)CC[C@](C)(C4)N5)nn2)C3=O)s1. The number of amides is 1. The Bertz CT molecular complexity index is 1270. The van der Waals surface area contributed by atoms with E-state index in [0.29, 0.717) is 23.8 Å². The summed E-state index contributed by atoms with van der Waals surface area (Å²) in [6, 6.07) is 5.51. The number of rotatable bonds is 4. The zero-order valence-electron chi connectivity index (χ0n) is 19.9. The van der Waals surface area contributed by atoms with E-state index < -0.39 is 0 Å². The fourth-order valence-electron chi connectivity index (χ4n) is 5.84. The molecular weight excluding hydrogens is 448 g/mol. The molecular formula is C25H28N6O2S. The van der Waals surface area contributed by atoms with Gasteiger partial charge in [0.15, 0.2) is 5.82 Å². The first-order valence-electron chi connectivity index (χ1n) is 11.8. The van der Waals surface area contributed by atoms with E-state index in [1.54, 1.807) is 22.4 Å². The van der Waals surface area contributed by atoms with Crippen molar-refractivity contribution < 1.29 is 9.53 Å². The van der Waals surface area contributed by atoms with Gasteiger partial charge >= 0.3 is 0 Å². The van der Waals surface area contributed by atoms with Crippen LogP contribution in [0.15, 0.2) is 24.4 Å². The first-order valence-corrected chi connectivity index (χ1v) is 12.6. The molecule has 8 nitrogen and oxygen atoms in total. The molecule has 0 radical (unpaired) electrons. The fraction of sp³-hybridized carbons (Fsp3) is 0.480. The summed E-state index contributed by atoms with van der Waals surface area (Å²) in [5.41, 5.74) is 3.52. The van der Waals surface area contributed by atoms with Crippen molar-refractivity contribution in [3.8, 4) is 16.5 Å². The smallest absolute Gasteiger partial charge is 0.260 e. The molecule has 34 heavy (non-hydrogen) atoms. The van der Waals surface area contributed by atoms with Gasteiger partial charge in [0.1, 0.15) is 6.10 Å². The van der Waals surface area contributed by atoms with Crippen LogP contribution in [0.4, 0.5) is 5.82 Å². The number of aryl methyl sites for hydroxylation is 2. The number of anilines is 1. The number of ether oxygens (including phenoxy) is 1. The zero-order chi connectivity index (χ0) is 23.7. The second-order valence-corrected chi connectivity index (χ2v) is 11.6. The minimum Gasteiger partial charge on any atom is -0.473 e. The maximum atomic E-state index is 13.2. The number of pyridine rings is 1. The van der Waals surface area contributed by atoms with Gasteiger partial charge in [-0.05, 0) is 52.7 Å². The van der Waals surface area contributed by atoms with Crippen LogP contribution in [0.1, 0.15) is 66.2 Å². The number of aromatic nitrogens is 4. The standard InChI is InChI=1S/C25H28N6O2S/c1-14-22(34-15(2)27-14)19-9-18-16(12-26-19)13-31(23(18)32)20-5-6-21(29-28-20)33-17-10-24(3)7-8-25(4,11-17)30-24/h5-6,9,12,17,30H,7-8,10-11,13H2,1-4H3/t17?,24-,25+. The minimum absolute atomic E-state index is 0.0868. The highest BCUT2D eigenvalue weighted by Gasteiger charge is 2.49. The molecule has 2 bridgehead atoms. The Hall–Kier alpha value is -2.91. The second-order valence-electron chi connectivity index (χ2n) is 10.4. The van der Waals surface area contributed by atoms with Gasteiger partial charge in [-0.25, -0.2) is 4.98 Å². The van der Waals surface area contributed by atoms with Crippen LogP contribution in [0, 0.1) is 13.8 Å². The third-order valence-corrected chi connectivity index (χ3v) is 8.40. The number of fused-ring (bicyclic) bond motifs is 3. The van der Waals surface area contributed by atoms with Gasteiger partial charge in [-0.3, -0.25) is 14.7 Å². The predicted molar refractivity (Wildman–Crippen MR) is 130 cm³/mol. The number of nitrogens with zero attached hydrogens (tertiary/aromatic N) is 5. The van der Waals surface area contributed by atoms with Crippen LogP contribution in [0.5, 0.6) is 5.88 Å². The lowest BCUT2D eigenvalue weighted by atomic mass is 9.86. The fourth-order valence-corrected chi connectivity index (χ4v) is 6.72.